The van der Waals surface area contributed by atoms with Gasteiger partial charge in [0.05, 0.1) is 5.60 Å². The lowest BCUT2D eigenvalue weighted by molar-refractivity contribution is 0.0126. The molecule has 1 fully saturated rings. The van der Waals surface area contributed by atoms with Crippen molar-refractivity contribution in [3.05, 3.63) is 17.0 Å². The van der Waals surface area contributed by atoms with Crippen LogP contribution < -0.4 is 0 Å². The molecule has 0 aromatic carbocycles. The molecule has 21 heavy (non-hydrogen) atoms. The van der Waals surface area contributed by atoms with E-state index in [0.717, 1.165) is 0 Å². The zero-order valence-electron chi connectivity index (χ0n) is 12.3. The molecule has 0 atom stereocenters. The van der Waals surface area contributed by atoms with Crippen LogP contribution in [0.1, 0.15) is 41.5 Å². The van der Waals surface area contributed by atoms with Gasteiger partial charge in [-0.1, -0.05) is 0 Å². The summed E-state index contributed by atoms with van der Waals surface area (Å²) in [4.78, 5) is 13.8. The normalized spacial score (nSPS) is 19.6. The fourth-order valence-electron chi connectivity index (χ4n) is 2.67. The minimum absolute atomic E-state index is 0.0291. The van der Waals surface area contributed by atoms with Crippen LogP contribution in [0.5, 0.6) is 0 Å². The van der Waals surface area contributed by atoms with Gasteiger partial charge in [-0.25, -0.2) is 13.2 Å². The maximum absolute atomic E-state index is 12.7. The number of carbonyl (C=O) groups is 1. The van der Waals surface area contributed by atoms with Gasteiger partial charge in [-0.2, -0.15) is 4.31 Å². The average molecular weight is 316 g/mol. The smallest absolute Gasteiger partial charge is 0.352 e. The number of nitrogens with one attached hydrogen (secondary N) is 1. The van der Waals surface area contributed by atoms with Gasteiger partial charge < -0.3 is 15.2 Å². The van der Waals surface area contributed by atoms with Crippen molar-refractivity contribution in [1.29, 1.82) is 0 Å². The highest BCUT2D eigenvalue weighted by Crippen LogP contribution is 2.30. The molecule has 0 radical (unpaired) electrons. The Bertz CT molecular complexity index is 665. The second-order valence-corrected chi connectivity index (χ2v) is 7.66. The zero-order valence-corrected chi connectivity index (χ0v) is 13.1. The Morgan fingerprint density at radius 1 is 1.29 bits per heavy atom. The van der Waals surface area contributed by atoms with Gasteiger partial charge in [-0.3, -0.25) is 0 Å². The topological polar surface area (TPSA) is 111 Å². The molecular formula is C13H20N2O5S. The third-order valence-electron chi connectivity index (χ3n) is 3.98. The van der Waals surface area contributed by atoms with Gasteiger partial charge in [0, 0.05) is 24.3 Å². The number of rotatable bonds is 3. The number of piperidine rings is 1. The number of sulfonamides is 1. The molecule has 1 aliphatic heterocycles. The van der Waals surface area contributed by atoms with Gasteiger partial charge in [0.2, 0.25) is 10.0 Å². The molecule has 118 valence electrons. The number of H-pyrrole nitrogens is 1. The molecular weight excluding hydrogens is 296 g/mol. The standard InChI is InChI=1S/C13H20N2O5S/c1-8-10(12(16)17)14-9(2)11(8)21(19,20)15-6-4-13(3,18)5-7-15/h14,18H,4-7H2,1-3H3,(H,16,17). The molecule has 0 amide bonds. The van der Waals surface area contributed by atoms with E-state index in [9.17, 15) is 18.3 Å². The Balaban J connectivity index is 2.40. The van der Waals surface area contributed by atoms with E-state index in [2.05, 4.69) is 4.98 Å². The van der Waals surface area contributed by atoms with Crippen molar-refractivity contribution < 1.29 is 23.4 Å². The van der Waals surface area contributed by atoms with Crippen LogP contribution in [-0.2, 0) is 10.0 Å². The quantitative estimate of drug-likeness (QED) is 0.766. The zero-order chi connectivity index (χ0) is 16.0. The Kier molecular flexibility index (Phi) is 3.90. The van der Waals surface area contributed by atoms with Crippen LogP contribution in [0.25, 0.3) is 0 Å². The number of nitrogens with zero attached hydrogens (tertiary/aromatic N) is 1. The number of aromatic nitrogens is 1. The van der Waals surface area contributed by atoms with E-state index >= 15 is 0 Å². The van der Waals surface area contributed by atoms with Crippen LogP contribution in [0, 0.1) is 13.8 Å². The van der Waals surface area contributed by atoms with Crippen molar-refractivity contribution in [3.63, 3.8) is 0 Å². The Hall–Kier alpha value is -1.38. The Morgan fingerprint density at radius 2 is 1.81 bits per heavy atom. The minimum atomic E-state index is -3.76. The highest BCUT2D eigenvalue weighted by Gasteiger charge is 2.36. The molecule has 1 aliphatic rings. The summed E-state index contributed by atoms with van der Waals surface area (Å²) in [7, 11) is -3.76. The monoisotopic (exact) mass is 316 g/mol. The number of carboxylic acids is 1. The molecule has 2 heterocycles. The summed E-state index contributed by atoms with van der Waals surface area (Å²) in [6.07, 6.45) is 0.723. The SMILES string of the molecule is Cc1[nH]c(C(=O)O)c(C)c1S(=O)(=O)N1CCC(C)(O)CC1. The summed E-state index contributed by atoms with van der Waals surface area (Å²) in [6, 6.07) is 0. The molecule has 3 N–H and O–H groups in total. The van der Waals surface area contributed by atoms with Crippen molar-refractivity contribution in [2.45, 2.75) is 44.1 Å². The predicted molar refractivity (Wildman–Crippen MR) is 75.8 cm³/mol. The summed E-state index contributed by atoms with van der Waals surface area (Å²) in [6.45, 7) is 5.17. The van der Waals surface area contributed by atoms with Crippen molar-refractivity contribution in [2.75, 3.05) is 13.1 Å². The van der Waals surface area contributed by atoms with Crippen LogP contribution in [0.4, 0.5) is 0 Å². The number of hydrogen-bond donors (Lipinski definition) is 3. The molecule has 0 bridgehead atoms. The fraction of sp³-hybridized carbons (Fsp3) is 0.615. The van der Waals surface area contributed by atoms with E-state index in [1.54, 1.807) is 13.8 Å². The molecule has 0 aliphatic carbocycles. The average Bonchev–Trinajstić information content (AvgIpc) is 2.64. The van der Waals surface area contributed by atoms with Gasteiger partial charge in [0.1, 0.15) is 10.6 Å². The molecule has 1 aromatic heterocycles. The Morgan fingerprint density at radius 3 is 2.24 bits per heavy atom. The van der Waals surface area contributed by atoms with Crippen molar-refractivity contribution in [3.8, 4) is 0 Å². The third-order valence-corrected chi connectivity index (χ3v) is 6.15. The highest BCUT2D eigenvalue weighted by molar-refractivity contribution is 7.89. The number of carboxylic acid groups (broad SMARTS) is 1. The van der Waals surface area contributed by atoms with E-state index in [-0.39, 0.29) is 29.2 Å². The second-order valence-electron chi connectivity index (χ2n) is 5.79. The van der Waals surface area contributed by atoms with Crippen LogP contribution in [0.15, 0.2) is 4.90 Å². The van der Waals surface area contributed by atoms with Crippen molar-refractivity contribution in [1.82, 2.24) is 9.29 Å². The number of aromatic amines is 1. The first-order valence-corrected chi connectivity index (χ1v) is 8.15. The summed E-state index contributed by atoms with van der Waals surface area (Å²) in [5, 5.41) is 19.0. The van der Waals surface area contributed by atoms with Crippen LogP contribution in [0.3, 0.4) is 0 Å². The molecule has 7 nitrogen and oxygen atoms in total. The predicted octanol–water partition coefficient (Wildman–Crippen LogP) is 0.865. The molecule has 1 aromatic rings. The van der Waals surface area contributed by atoms with Crippen molar-refractivity contribution >= 4 is 16.0 Å². The number of hydrogen-bond acceptors (Lipinski definition) is 4. The number of aryl methyl sites for hydroxylation is 1. The molecule has 1 saturated heterocycles. The molecule has 0 spiro atoms. The molecule has 0 unspecified atom stereocenters. The van der Waals surface area contributed by atoms with Gasteiger partial charge >= 0.3 is 5.97 Å². The number of aromatic carboxylic acids is 1. The number of aliphatic hydroxyl groups is 1. The first kappa shape index (κ1) is 16.0. The first-order valence-electron chi connectivity index (χ1n) is 6.71. The third kappa shape index (κ3) is 2.83. The summed E-state index contributed by atoms with van der Waals surface area (Å²) in [5.74, 6) is -1.18. The van der Waals surface area contributed by atoms with Crippen LogP contribution in [0.2, 0.25) is 0 Å². The Labute approximate surface area is 123 Å². The van der Waals surface area contributed by atoms with E-state index in [4.69, 9.17) is 5.11 Å². The lowest BCUT2D eigenvalue weighted by Gasteiger charge is -2.35. The van der Waals surface area contributed by atoms with Gasteiger partial charge in [0.15, 0.2) is 0 Å². The second kappa shape index (κ2) is 5.11. The molecule has 2 rings (SSSR count). The van der Waals surface area contributed by atoms with Gasteiger partial charge in [-0.15, -0.1) is 0 Å². The lowest BCUT2D eigenvalue weighted by atomic mass is 9.95. The molecule has 0 saturated carbocycles. The minimum Gasteiger partial charge on any atom is -0.477 e. The maximum Gasteiger partial charge on any atom is 0.352 e. The summed E-state index contributed by atoms with van der Waals surface area (Å²) >= 11 is 0. The summed E-state index contributed by atoms with van der Waals surface area (Å²) in [5.41, 5.74) is -0.407. The van der Waals surface area contributed by atoms with Crippen LogP contribution in [-0.4, -0.2) is 52.6 Å². The van der Waals surface area contributed by atoms with Gasteiger partial charge in [0.25, 0.3) is 0 Å². The largest absolute Gasteiger partial charge is 0.477 e. The molecule has 8 heteroatoms. The van der Waals surface area contributed by atoms with E-state index in [1.807, 2.05) is 0 Å². The maximum atomic E-state index is 12.7. The van der Waals surface area contributed by atoms with Gasteiger partial charge in [-0.05, 0) is 33.6 Å². The summed E-state index contributed by atoms with van der Waals surface area (Å²) < 4.78 is 26.7. The highest BCUT2D eigenvalue weighted by atomic mass is 32.2. The first-order chi connectivity index (χ1) is 9.56. The lowest BCUT2D eigenvalue weighted by Crippen LogP contribution is -2.45. The van der Waals surface area contributed by atoms with Crippen molar-refractivity contribution in [2.24, 2.45) is 0 Å². The van der Waals surface area contributed by atoms with E-state index in [1.165, 1.54) is 11.2 Å². The van der Waals surface area contributed by atoms with E-state index in [0.29, 0.717) is 18.5 Å². The van der Waals surface area contributed by atoms with Crippen LogP contribution >= 0.6 is 0 Å². The van der Waals surface area contributed by atoms with E-state index < -0.39 is 21.6 Å². The fourth-order valence-corrected chi connectivity index (χ4v) is 4.52.